The van der Waals surface area contributed by atoms with Crippen LogP contribution in [-0.4, -0.2) is 41.2 Å². The van der Waals surface area contributed by atoms with Gasteiger partial charge in [-0.3, -0.25) is 4.90 Å². The van der Waals surface area contributed by atoms with Crippen LogP contribution in [0.1, 0.15) is 57.8 Å². The van der Waals surface area contributed by atoms with E-state index >= 15 is 0 Å². The molecule has 19 heavy (non-hydrogen) atoms. The molecule has 2 aliphatic heterocycles. The van der Waals surface area contributed by atoms with Gasteiger partial charge in [0.05, 0.1) is 0 Å². The molecule has 4 heteroatoms. The Morgan fingerprint density at radius 2 is 1.63 bits per heavy atom. The smallest absolute Gasteiger partial charge is 0.166 e. The fourth-order valence-electron chi connectivity index (χ4n) is 4.06. The number of hydrogen-bond acceptors (Lipinski definition) is 2. The summed E-state index contributed by atoms with van der Waals surface area (Å²) in [4.78, 5) is 2.66. The summed E-state index contributed by atoms with van der Waals surface area (Å²) >= 11 is 5.52. The third-order valence-electron chi connectivity index (χ3n) is 5.11. The van der Waals surface area contributed by atoms with Crippen LogP contribution in [0.3, 0.4) is 0 Å². The van der Waals surface area contributed by atoms with Crippen LogP contribution in [0.25, 0.3) is 0 Å². The first-order chi connectivity index (χ1) is 9.33. The van der Waals surface area contributed by atoms with E-state index in [1.165, 1.54) is 70.9 Å². The Morgan fingerprint density at radius 3 is 2.47 bits per heavy atom. The zero-order valence-corrected chi connectivity index (χ0v) is 12.7. The van der Waals surface area contributed by atoms with Crippen molar-refractivity contribution in [3.05, 3.63) is 0 Å². The second kappa shape index (κ2) is 6.40. The van der Waals surface area contributed by atoms with Gasteiger partial charge in [-0.25, -0.2) is 0 Å². The van der Waals surface area contributed by atoms with E-state index in [-0.39, 0.29) is 0 Å². The largest absolute Gasteiger partial charge is 0.360 e. The van der Waals surface area contributed by atoms with Gasteiger partial charge in [0.25, 0.3) is 0 Å². The van der Waals surface area contributed by atoms with Gasteiger partial charge in [0.2, 0.25) is 0 Å². The second-order valence-corrected chi connectivity index (χ2v) is 6.86. The third-order valence-corrected chi connectivity index (χ3v) is 5.35. The minimum Gasteiger partial charge on any atom is -0.360 e. The maximum absolute atomic E-state index is 5.52. The number of thiocarbonyl (C=S) groups is 1. The lowest BCUT2D eigenvalue weighted by atomic mass is 9.96. The molecule has 3 fully saturated rings. The fourth-order valence-corrected chi connectivity index (χ4v) is 4.38. The Hall–Kier alpha value is -0.350. The van der Waals surface area contributed by atoms with Crippen molar-refractivity contribution in [3.8, 4) is 0 Å². The van der Waals surface area contributed by atoms with Crippen molar-refractivity contribution in [1.29, 1.82) is 0 Å². The highest BCUT2D eigenvalue weighted by Crippen LogP contribution is 2.27. The number of rotatable bonds is 2. The van der Waals surface area contributed by atoms with Gasteiger partial charge in [-0.2, -0.15) is 0 Å². The van der Waals surface area contributed by atoms with Crippen molar-refractivity contribution in [3.63, 3.8) is 0 Å². The van der Waals surface area contributed by atoms with E-state index in [0.717, 1.165) is 11.2 Å². The molecule has 2 atom stereocenters. The number of nitrogens with zero attached hydrogens (tertiary/aromatic N) is 1. The standard InChI is InChI=1S/C15H27N3S/c19-15(16-12-6-2-1-3-7-12)17-13-9-11-18-10-5-4-8-14(13)18/h12-14H,1-11H2,(H2,16,17,19). The molecule has 3 rings (SSSR count). The van der Waals surface area contributed by atoms with Crippen molar-refractivity contribution in [2.75, 3.05) is 13.1 Å². The Morgan fingerprint density at radius 1 is 0.842 bits per heavy atom. The van der Waals surface area contributed by atoms with Crippen molar-refractivity contribution < 1.29 is 0 Å². The molecule has 2 unspecified atom stereocenters. The van der Waals surface area contributed by atoms with Crippen LogP contribution in [-0.2, 0) is 0 Å². The van der Waals surface area contributed by atoms with Gasteiger partial charge >= 0.3 is 0 Å². The molecule has 2 N–H and O–H groups in total. The zero-order chi connectivity index (χ0) is 13.1. The lowest BCUT2D eigenvalue weighted by Crippen LogP contribution is -2.51. The molecule has 0 amide bonds. The van der Waals surface area contributed by atoms with E-state index in [0.29, 0.717) is 12.1 Å². The maximum Gasteiger partial charge on any atom is 0.166 e. The Kier molecular flexibility index (Phi) is 4.59. The molecule has 1 saturated carbocycles. The van der Waals surface area contributed by atoms with Gasteiger partial charge in [0, 0.05) is 24.7 Å². The number of piperidine rings is 1. The predicted octanol–water partition coefficient (Wildman–Crippen LogP) is 2.41. The number of nitrogens with one attached hydrogen (secondary N) is 2. The van der Waals surface area contributed by atoms with Crippen LogP contribution < -0.4 is 10.6 Å². The summed E-state index contributed by atoms with van der Waals surface area (Å²) in [6, 6.07) is 1.95. The lowest BCUT2D eigenvalue weighted by Gasteiger charge is -2.33. The monoisotopic (exact) mass is 281 g/mol. The molecule has 0 bridgehead atoms. The van der Waals surface area contributed by atoms with Crippen LogP contribution in [0.2, 0.25) is 0 Å². The summed E-state index contributed by atoms with van der Waals surface area (Å²) in [5.74, 6) is 0. The number of hydrogen-bond donors (Lipinski definition) is 2. The number of fused-ring (bicyclic) bond motifs is 1. The first kappa shape index (κ1) is 13.6. The third kappa shape index (κ3) is 3.40. The summed E-state index contributed by atoms with van der Waals surface area (Å²) in [6.07, 6.45) is 12.1. The lowest BCUT2D eigenvalue weighted by molar-refractivity contribution is 0.185. The van der Waals surface area contributed by atoms with Crippen molar-refractivity contribution in [1.82, 2.24) is 15.5 Å². The second-order valence-electron chi connectivity index (χ2n) is 6.45. The average Bonchev–Trinajstić information content (AvgIpc) is 2.83. The topological polar surface area (TPSA) is 27.3 Å². The highest BCUT2D eigenvalue weighted by atomic mass is 32.1. The minimum atomic E-state index is 0.587. The van der Waals surface area contributed by atoms with Crippen LogP contribution in [0.15, 0.2) is 0 Å². The van der Waals surface area contributed by atoms with Gasteiger partial charge in [0.1, 0.15) is 0 Å². The minimum absolute atomic E-state index is 0.587. The Bertz CT molecular complexity index is 315. The molecule has 2 saturated heterocycles. The van der Waals surface area contributed by atoms with Gasteiger partial charge in [-0.1, -0.05) is 25.7 Å². The normalized spacial score (nSPS) is 32.8. The molecule has 3 nitrogen and oxygen atoms in total. The van der Waals surface area contributed by atoms with Gasteiger partial charge in [-0.05, 0) is 50.9 Å². The average molecular weight is 281 g/mol. The molecule has 0 aromatic heterocycles. The highest BCUT2D eigenvalue weighted by molar-refractivity contribution is 7.80. The van der Waals surface area contributed by atoms with E-state index in [9.17, 15) is 0 Å². The molecular weight excluding hydrogens is 254 g/mol. The van der Waals surface area contributed by atoms with Crippen molar-refractivity contribution in [2.45, 2.75) is 75.9 Å². The summed E-state index contributed by atoms with van der Waals surface area (Å²) in [6.45, 7) is 2.56. The van der Waals surface area contributed by atoms with Crippen LogP contribution >= 0.6 is 12.2 Å². The van der Waals surface area contributed by atoms with E-state index in [4.69, 9.17) is 12.2 Å². The van der Waals surface area contributed by atoms with Gasteiger partial charge in [-0.15, -0.1) is 0 Å². The summed E-state index contributed by atoms with van der Waals surface area (Å²) < 4.78 is 0. The Labute approximate surface area is 122 Å². The molecule has 0 aromatic carbocycles. The molecule has 2 heterocycles. The molecule has 0 spiro atoms. The first-order valence-corrected chi connectivity index (χ1v) is 8.55. The van der Waals surface area contributed by atoms with Crippen LogP contribution in [0.5, 0.6) is 0 Å². The van der Waals surface area contributed by atoms with Gasteiger partial charge < -0.3 is 10.6 Å². The fraction of sp³-hybridized carbons (Fsp3) is 0.933. The molecular formula is C15H27N3S. The summed E-state index contributed by atoms with van der Waals surface area (Å²) in [5.41, 5.74) is 0. The van der Waals surface area contributed by atoms with Gasteiger partial charge in [0.15, 0.2) is 5.11 Å². The van der Waals surface area contributed by atoms with E-state index in [1.54, 1.807) is 0 Å². The molecule has 3 aliphatic rings. The van der Waals surface area contributed by atoms with Crippen molar-refractivity contribution in [2.24, 2.45) is 0 Å². The summed E-state index contributed by atoms with van der Waals surface area (Å²) in [7, 11) is 0. The van der Waals surface area contributed by atoms with E-state index in [2.05, 4.69) is 15.5 Å². The van der Waals surface area contributed by atoms with E-state index in [1.807, 2.05) is 0 Å². The summed E-state index contributed by atoms with van der Waals surface area (Å²) in [5, 5.41) is 8.05. The van der Waals surface area contributed by atoms with Crippen LogP contribution in [0.4, 0.5) is 0 Å². The maximum atomic E-state index is 5.52. The highest BCUT2D eigenvalue weighted by Gasteiger charge is 2.35. The van der Waals surface area contributed by atoms with E-state index < -0.39 is 0 Å². The van der Waals surface area contributed by atoms with Crippen molar-refractivity contribution >= 4 is 17.3 Å². The Balaban J connectivity index is 1.46. The quantitative estimate of drug-likeness (QED) is 0.760. The molecule has 0 radical (unpaired) electrons. The molecule has 108 valence electrons. The first-order valence-electron chi connectivity index (χ1n) is 8.14. The zero-order valence-electron chi connectivity index (χ0n) is 11.9. The van der Waals surface area contributed by atoms with Crippen LogP contribution in [0, 0.1) is 0 Å². The molecule has 1 aliphatic carbocycles. The SMILES string of the molecule is S=C(NC1CCCCC1)NC1CCN2CCCCC12. The molecule has 0 aromatic rings. The predicted molar refractivity (Wildman–Crippen MR) is 83.4 cm³/mol.